The molecule has 0 aromatic heterocycles. The third-order valence-electron chi connectivity index (χ3n) is 3.94. The number of carbonyl (C=O) groups is 1. The Bertz CT molecular complexity index is 619. The van der Waals surface area contributed by atoms with Crippen LogP contribution in [0.1, 0.15) is 24.9 Å². The predicted octanol–water partition coefficient (Wildman–Crippen LogP) is 2.45. The summed E-state index contributed by atoms with van der Waals surface area (Å²) in [4.78, 5) is 15.0. The number of hydrogen-bond donors (Lipinski definition) is 1. The van der Waals surface area contributed by atoms with Crippen molar-refractivity contribution in [2.45, 2.75) is 25.5 Å². The first-order valence-corrected chi connectivity index (χ1v) is 8.26. The van der Waals surface area contributed by atoms with Crippen LogP contribution in [0.4, 0.5) is 4.39 Å². The van der Waals surface area contributed by atoms with Crippen molar-refractivity contribution in [1.82, 2.24) is 4.90 Å². The number of hydrogen-bond acceptors (Lipinski definition) is 4. The minimum Gasteiger partial charge on any atom is -0.496 e. The second-order valence-electron chi connectivity index (χ2n) is 5.50. The highest BCUT2D eigenvalue weighted by Gasteiger charge is 2.37. The van der Waals surface area contributed by atoms with E-state index in [-0.39, 0.29) is 24.3 Å². The van der Waals surface area contributed by atoms with Crippen LogP contribution >= 0.6 is 11.8 Å². The Hall–Kier alpha value is -1.53. The van der Waals surface area contributed by atoms with E-state index in [0.29, 0.717) is 29.3 Å². The van der Waals surface area contributed by atoms with Gasteiger partial charge in [0.2, 0.25) is 0 Å². The third kappa shape index (κ3) is 2.98. The lowest BCUT2D eigenvalue weighted by molar-refractivity contribution is -0.127. The van der Waals surface area contributed by atoms with Gasteiger partial charge in [-0.2, -0.15) is 0 Å². The molecule has 1 fully saturated rings. The van der Waals surface area contributed by atoms with E-state index in [0.717, 1.165) is 5.75 Å². The summed E-state index contributed by atoms with van der Waals surface area (Å²) in [5.74, 6) is 0.880. The van der Waals surface area contributed by atoms with Crippen molar-refractivity contribution in [3.05, 3.63) is 46.3 Å². The van der Waals surface area contributed by atoms with Gasteiger partial charge < -0.3 is 14.7 Å². The highest BCUT2D eigenvalue weighted by molar-refractivity contribution is 8.04. The van der Waals surface area contributed by atoms with Gasteiger partial charge in [0.1, 0.15) is 16.5 Å². The van der Waals surface area contributed by atoms with Crippen molar-refractivity contribution in [3.8, 4) is 0 Å². The van der Waals surface area contributed by atoms with Crippen LogP contribution in [-0.2, 0) is 9.53 Å². The van der Waals surface area contributed by atoms with Crippen molar-refractivity contribution in [1.29, 1.82) is 0 Å². The number of β-amino-alcohol motifs (C(OH)–C–C–N with tert-alkyl or cyclic N) is 1. The van der Waals surface area contributed by atoms with Crippen LogP contribution in [0.15, 0.2) is 34.9 Å². The SMILES string of the molecule is CC1=C(C(=O)N2C[C@H](O)C[C@H]2c2cccc(F)c2)SCCO1. The molecule has 22 heavy (non-hydrogen) atoms. The fourth-order valence-electron chi connectivity index (χ4n) is 2.92. The van der Waals surface area contributed by atoms with Crippen molar-refractivity contribution in [3.63, 3.8) is 0 Å². The second-order valence-corrected chi connectivity index (χ2v) is 6.61. The summed E-state index contributed by atoms with van der Waals surface area (Å²) in [5, 5.41) is 9.97. The number of aliphatic hydroxyl groups excluding tert-OH is 1. The molecule has 0 radical (unpaired) electrons. The Morgan fingerprint density at radius 2 is 2.32 bits per heavy atom. The van der Waals surface area contributed by atoms with Gasteiger partial charge in [-0.05, 0) is 31.0 Å². The minimum atomic E-state index is -0.590. The molecule has 2 aliphatic rings. The highest BCUT2D eigenvalue weighted by Crippen LogP contribution is 2.36. The van der Waals surface area contributed by atoms with E-state index in [1.807, 2.05) is 0 Å². The molecule has 118 valence electrons. The molecular formula is C16H18FNO3S. The average Bonchev–Trinajstić information content (AvgIpc) is 2.89. The normalized spacial score (nSPS) is 25.3. The van der Waals surface area contributed by atoms with Gasteiger partial charge in [0.25, 0.3) is 5.91 Å². The second kappa shape index (κ2) is 6.30. The van der Waals surface area contributed by atoms with Crippen LogP contribution < -0.4 is 0 Å². The molecule has 0 unspecified atom stereocenters. The maximum Gasteiger partial charge on any atom is 0.264 e. The Kier molecular flexibility index (Phi) is 4.40. The number of carbonyl (C=O) groups excluding carboxylic acids is 1. The van der Waals surface area contributed by atoms with Gasteiger partial charge in [0, 0.05) is 12.3 Å². The van der Waals surface area contributed by atoms with Crippen molar-refractivity contribution < 1.29 is 19.0 Å². The van der Waals surface area contributed by atoms with E-state index in [2.05, 4.69) is 0 Å². The first-order chi connectivity index (χ1) is 10.6. The van der Waals surface area contributed by atoms with E-state index in [1.165, 1.54) is 23.9 Å². The summed E-state index contributed by atoms with van der Waals surface area (Å²) in [6, 6.07) is 5.91. The van der Waals surface area contributed by atoms with Crippen LogP contribution in [0.3, 0.4) is 0 Å². The van der Waals surface area contributed by atoms with Crippen LogP contribution in [0.5, 0.6) is 0 Å². The Labute approximate surface area is 132 Å². The maximum absolute atomic E-state index is 13.5. The number of nitrogens with zero attached hydrogens (tertiary/aromatic N) is 1. The summed E-state index contributed by atoms with van der Waals surface area (Å²) in [7, 11) is 0. The van der Waals surface area contributed by atoms with Crippen LogP contribution in [0.25, 0.3) is 0 Å². The average molecular weight is 323 g/mol. The number of thioether (sulfide) groups is 1. The van der Waals surface area contributed by atoms with Crippen molar-refractivity contribution in [2.24, 2.45) is 0 Å². The van der Waals surface area contributed by atoms with E-state index in [1.54, 1.807) is 24.0 Å². The molecule has 6 heteroatoms. The van der Waals surface area contributed by atoms with Gasteiger partial charge in [-0.15, -0.1) is 11.8 Å². The van der Waals surface area contributed by atoms with Gasteiger partial charge in [-0.1, -0.05) is 12.1 Å². The number of likely N-dealkylation sites (tertiary alicyclic amines) is 1. The molecule has 1 aromatic rings. The van der Waals surface area contributed by atoms with E-state index in [4.69, 9.17) is 4.74 Å². The standard InChI is InChI=1S/C16H18FNO3S/c1-10-15(22-6-5-21-10)16(20)18-9-13(19)8-14(18)11-3-2-4-12(17)7-11/h2-4,7,13-14,19H,5-6,8-9H2,1H3/t13-,14+/m1/s1. The largest absolute Gasteiger partial charge is 0.496 e. The highest BCUT2D eigenvalue weighted by atomic mass is 32.2. The molecule has 2 heterocycles. The first kappa shape index (κ1) is 15.4. The number of allylic oxidation sites excluding steroid dienone is 1. The third-order valence-corrected chi connectivity index (χ3v) is 5.06. The van der Waals surface area contributed by atoms with Crippen LogP contribution in [0.2, 0.25) is 0 Å². The smallest absolute Gasteiger partial charge is 0.264 e. The summed E-state index contributed by atoms with van der Waals surface area (Å²) >= 11 is 1.48. The zero-order valence-corrected chi connectivity index (χ0v) is 13.1. The molecule has 2 atom stereocenters. The molecule has 0 bridgehead atoms. The molecule has 1 saturated heterocycles. The summed E-state index contributed by atoms with van der Waals surface area (Å²) in [6.45, 7) is 2.64. The summed E-state index contributed by atoms with van der Waals surface area (Å²) < 4.78 is 18.9. The van der Waals surface area contributed by atoms with Crippen molar-refractivity contribution >= 4 is 17.7 Å². The lowest BCUT2D eigenvalue weighted by Gasteiger charge is -2.27. The minimum absolute atomic E-state index is 0.145. The molecule has 1 N–H and O–H groups in total. The number of halogens is 1. The molecule has 2 aliphatic heterocycles. The molecule has 4 nitrogen and oxygen atoms in total. The molecule has 1 amide bonds. The predicted molar refractivity (Wildman–Crippen MR) is 82.6 cm³/mol. The van der Waals surface area contributed by atoms with E-state index >= 15 is 0 Å². The van der Waals surface area contributed by atoms with Crippen molar-refractivity contribution in [2.75, 3.05) is 18.9 Å². The quantitative estimate of drug-likeness (QED) is 0.908. The number of aliphatic hydroxyl groups is 1. The van der Waals surface area contributed by atoms with Crippen LogP contribution in [-0.4, -0.2) is 40.9 Å². The van der Waals surface area contributed by atoms with E-state index < -0.39 is 6.10 Å². The number of benzene rings is 1. The lowest BCUT2D eigenvalue weighted by atomic mass is 10.0. The molecule has 0 spiro atoms. The fraction of sp³-hybridized carbons (Fsp3) is 0.438. The zero-order valence-electron chi connectivity index (χ0n) is 12.3. The maximum atomic E-state index is 13.5. The lowest BCUT2D eigenvalue weighted by Crippen LogP contribution is -2.33. The van der Waals surface area contributed by atoms with Gasteiger partial charge >= 0.3 is 0 Å². The molecule has 0 saturated carbocycles. The molecular weight excluding hydrogens is 305 g/mol. The molecule has 3 rings (SSSR count). The van der Waals surface area contributed by atoms with Gasteiger partial charge in [-0.3, -0.25) is 4.79 Å². The Morgan fingerprint density at radius 3 is 3.05 bits per heavy atom. The monoisotopic (exact) mass is 323 g/mol. The number of amides is 1. The summed E-state index contributed by atoms with van der Waals surface area (Å²) in [5.41, 5.74) is 0.713. The first-order valence-electron chi connectivity index (χ1n) is 7.27. The zero-order chi connectivity index (χ0) is 15.7. The van der Waals surface area contributed by atoms with Crippen LogP contribution in [0, 0.1) is 5.82 Å². The Morgan fingerprint density at radius 1 is 1.50 bits per heavy atom. The molecule has 1 aromatic carbocycles. The number of rotatable bonds is 2. The van der Waals surface area contributed by atoms with Gasteiger partial charge in [0.15, 0.2) is 0 Å². The fourth-order valence-corrected chi connectivity index (χ4v) is 3.79. The number of ether oxygens (including phenoxy) is 1. The topological polar surface area (TPSA) is 49.8 Å². The van der Waals surface area contributed by atoms with E-state index in [9.17, 15) is 14.3 Å². The Balaban J connectivity index is 1.89. The molecule has 0 aliphatic carbocycles. The summed E-state index contributed by atoms with van der Waals surface area (Å²) in [6.07, 6.45) is -0.166. The van der Waals surface area contributed by atoms with Gasteiger partial charge in [0.05, 0.1) is 18.8 Å². The van der Waals surface area contributed by atoms with Gasteiger partial charge in [-0.25, -0.2) is 4.39 Å².